The second-order valence-corrected chi connectivity index (χ2v) is 14.2. The van der Waals surface area contributed by atoms with Gasteiger partial charge in [-0.3, -0.25) is 13.9 Å². The number of sulfonamides is 1. The van der Waals surface area contributed by atoms with Crippen LogP contribution in [0.3, 0.4) is 0 Å². The standard InChI is InChI=1S/C31H36Cl3N3O7S/c1-19(30(39)35-31(2,3)4)36(17-20-8-9-21(32)14-24(20)34)29(38)18-37(25-15-22(33)10-12-26(25)42-5)45(40,41)23-11-13-27(43-6)28(16-23)44-7/h8-16,19H,17-18H2,1-7H3,(H,35,39)/t19-/m1/s1. The fourth-order valence-corrected chi connectivity index (χ4v) is 6.43. The van der Waals surface area contributed by atoms with Crippen LogP contribution < -0.4 is 23.8 Å². The van der Waals surface area contributed by atoms with E-state index in [0.717, 1.165) is 4.31 Å². The molecular formula is C31H36Cl3N3O7S. The maximum Gasteiger partial charge on any atom is 0.265 e. The zero-order valence-electron chi connectivity index (χ0n) is 26.0. The van der Waals surface area contributed by atoms with Crippen molar-refractivity contribution in [3.63, 3.8) is 0 Å². The van der Waals surface area contributed by atoms with Gasteiger partial charge in [0.25, 0.3) is 10.0 Å². The summed E-state index contributed by atoms with van der Waals surface area (Å²) >= 11 is 18.8. The lowest BCUT2D eigenvalue weighted by Gasteiger charge is -2.34. The van der Waals surface area contributed by atoms with Gasteiger partial charge in [0.2, 0.25) is 11.8 Å². The van der Waals surface area contributed by atoms with Gasteiger partial charge in [0, 0.05) is 33.2 Å². The number of methoxy groups -OCH3 is 3. The van der Waals surface area contributed by atoms with Crippen LogP contribution in [0.4, 0.5) is 5.69 Å². The van der Waals surface area contributed by atoms with Crippen molar-refractivity contribution >= 4 is 62.3 Å². The number of anilines is 1. The average molecular weight is 701 g/mol. The maximum absolute atomic E-state index is 14.3. The number of hydrogen-bond acceptors (Lipinski definition) is 7. The van der Waals surface area contributed by atoms with Gasteiger partial charge < -0.3 is 24.4 Å². The summed E-state index contributed by atoms with van der Waals surface area (Å²) in [5.74, 6) is -0.542. The molecule has 0 heterocycles. The summed E-state index contributed by atoms with van der Waals surface area (Å²) in [5, 5.41) is 3.74. The highest BCUT2D eigenvalue weighted by molar-refractivity contribution is 7.92. The molecule has 0 aliphatic carbocycles. The van der Waals surface area contributed by atoms with Crippen molar-refractivity contribution in [1.29, 1.82) is 0 Å². The third-order valence-electron chi connectivity index (χ3n) is 6.65. The first-order valence-corrected chi connectivity index (χ1v) is 16.2. The third-order valence-corrected chi connectivity index (χ3v) is 9.23. The van der Waals surface area contributed by atoms with Crippen molar-refractivity contribution in [3.8, 4) is 17.2 Å². The molecule has 0 aliphatic rings. The molecule has 1 atom stereocenters. The van der Waals surface area contributed by atoms with Gasteiger partial charge in [-0.05, 0) is 75.7 Å². The molecule has 0 bridgehead atoms. The van der Waals surface area contributed by atoms with Gasteiger partial charge >= 0.3 is 0 Å². The number of halogens is 3. The van der Waals surface area contributed by atoms with E-state index in [0.29, 0.717) is 16.3 Å². The molecule has 0 unspecified atom stereocenters. The van der Waals surface area contributed by atoms with Crippen LogP contribution in [-0.4, -0.2) is 64.6 Å². The zero-order chi connectivity index (χ0) is 33.7. The number of carbonyl (C=O) groups is 2. The SMILES string of the molecule is COc1ccc(S(=O)(=O)N(CC(=O)N(Cc2ccc(Cl)cc2Cl)[C@H](C)C(=O)NC(C)(C)C)c2cc(Cl)ccc2OC)cc1OC. The number of ether oxygens (including phenoxy) is 3. The van der Waals surface area contributed by atoms with Crippen molar-refractivity contribution in [3.05, 3.63) is 75.2 Å². The summed E-state index contributed by atoms with van der Waals surface area (Å²) in [6.07, 6.45) is 0. The molecule has 0 fully saturated rings. The average Bonchev–Trinajstić information content (AvgIpc) is 2.97. The molecule has 244 valence electrons. The predicted molar refractivity (Wildman–Crippen MR) is 176 cm³/mol. The lowest BCUT2D eigenvalue weighted by atomic mass is 10.1. The van der Waals surface area contributed by atoms with Gasteiger partial charge in [0.1, 0.15) is 18.3 Å². The second-order valence-electron chi connectivity index (χ2n) is 11.0. The van der Waals surface area contributed by atoms with Crippen LogP contribution in [-0.2, 0) is 26.2 Å². The number of hydrogen-bond donors (Lipinski definition) is 1. The van der Waals surface area contributed by atoms with E-state index in [9.17, 15) is 18.0 Å². The van der Waals surface area contributed by atoms with Crippen molar-refractivity contribution in [2.45, 2.75) is 50.7 Å². The van der Waals surface area contributed by atoms with Crippen molar-refractivity contribution in [2.75, 3.05) is 32.2 Å². The van der Waals surface area contributed by atoms with Crippen molar-refractivity contribution < 1.29 is 32.2 Å². The Balaban J connectivity index is 2.18. The third kappa shape index (κ3) is 8.88. The Bertz CT molecular complexity index is 1660. The summed E-state index contributed by atoms with van der Waals surface area (Å²) in [4.78, 5) is 28.6. The monoisotopic (exact) mass is 699 g/mol. The number of nitrogens with one attached hydrogen (secondary N) is 1. The highest BCUT2D eigenvalue weighted by Crippen LogP contribution is 2.37. The maximum atomic E-state index is 14.3. The Morgan fingerprint density at radius 3 is 2.00 bits per heavy atom. The Morgan fingerprint density at radius 2 is 1.42 bits per heavy atom. The fourth-order valence-electron chi connectivity index (χ4n) is 4.37. The molecule has 1 N–H and O–H groups in total. The van der Waals surface area contributed by atoms with E-state index in [1.165, 1.54) is 68.7 Å². The minimum Gasteiger partial charge on any atom is -0.495 e. The lowest BCUT2D eigenvalue weighted by molar-refractivity contribution is -0.140. The Hall–Kier alpha value is -3.38. The summed E-state index contributed by atoms with van der Waals surface area (Å²) in [6.45, 7) is 6.13. The van der Waals surface area contributed by atoms with Gasteiger partial charge in [0.05, 0.1) is 31.9 Å². The molecule has 3 aromatic rings. The van der Waals surface area contributed by atoms with Gasteiger partial charge in [-0.1, -0.05) is 40.9 Å². The minimum atomic E-state index is -4.48. The normalized spacial score (nSPS) is 12.2. The Labute approximate surface area is 279 Å². The first-order chi connectivity index (χ1) is 21.0. The minimum absolute atomic E-state index is 0.00408. The Morgan fingerprint density at radius 1 is 0.844 bits per heavy atom. The van der Waals surface area contributed by atoms with E-state index in [1.807, 2.05) is 20.8 Å². The van der Waals surface area contributed by atoms with Crippen LogP contribution in [0.1, 0.15) is 33.3 Å². The molecule has 0 saturated carbocycles. The van der Waals surface area contributed by atoms with Crippen molar-refractivity contribution in [2.24, 2.45) is 0 Å². The number of amides is 2. The first-order valence-electron chi connectivity index (χ1n) is 13.7. The topological polar surface area (TPSA) is 114 Å². The molecule has 0 aromatic heterocycles. The zero-order valence-corrected chi connectivity index (χ0v) is 29.1. The van der Waals surface area contributed by atoms with E-state index < -0.39 is 40.0 Å². The van der Waals surface area contributed by atoms with Gasteiger partial charge in [-0.15, -0.1) is 0 Å². The van der Waals surface area contributed by atoms with E-state index in [2.05, 4.69) is 5.32 Å². The van der Waals surface area contributed by atoms with E-state index in [-0.39, 0.29) is 38.7 Å². The van der Waals surface area contributed by atoms with Crippen molar-refractivity contribution in [1.82, 2.24) is 10.2 Å². The summed E-state index contributed by atoms with van der Waals surface area (Å²) in [5.41, 5.74) is -0.0987. The molecule has 0 saturated heterocycles. The summed E-state index contributed by atoms with van der Waals surface area (Å²) in [6, 6.07) is 12.2. The van der Waals surface area contributed by atoms with Gasteiger partial charge in [-0.2, -0.15) is 0 Å². The summed E-state index contributed by atoms with van der Waals surface area (Å²) in [7, 11) is -0.322. The van der Waals surface area contributed by atoms with Crippen LogP contribution in [0.25, 0.3) is 0 Å². The molecule has 3 rings (SSSR count). The van der Waals surface area contributed by atoms with E-state index >= 15 is 0 Å². The highest BCUT2D eigenvalue weighted by atomic mass is 35.5. The number of carbonyl (C=O) groups excluding carboxylic acids is 2. The molecular weight excluding hydrogens is 665 g/mol. The highest BCUT2D eigenvalue weighted by Gasteiger charge is 2.35. The molecule has 45 heavy (non-hydrogen) atoms. The van der Waals surface area contributed by atoms with Crippen LogP contribution in [0.5, 0.6) is 17.2 Å². The van der Waals surface area contributed by atoms with E-state index in [1.54, 1.807) is 19.1 Å². The first kappa shape index (κ1) is 36.1. The largest absolute Gasteiger partial charge is 0.495 e. The molecule has 0 spiro atoms. The Kier molecular flexibility index (Phi) is 11.9. The molecule has 14 heteroatoms. The number of rotatable bonds is 12. The van der Waals surface area contributed by atoms with Crippen LogP contribution in [0.15, 0.2) is 59.5 Å². The second kappa shape index (κ2) is 14.8. The quantitative estimate of drug-likeness (QED) is 0.239. The smallest absolute Gasteiger partial charge is 0.265 e. The molecule has 3 aromatic carbocycles. The van der Waals surface area contributed by atoms with Gasteiger partial charge in [0.15, 0.2) is 11.5 Å². The number of benzene rings is 3. The van der Waals surface area contributed by atoms with Crippen LogP contribution in [0.2, 0.25) is 15.1 Å². The van der Waals surface area contributed by atoms with E-state index in [4.69, 9.17) is 49.0 Å². The molecule has 2 amide bonds. The predicted octanol–water partition coefficient (Wildman–Crippen LogP) is 6.20. The number of nitrogens with zero attached hydrogens (tertiary/aromatic N) is 2. The molecule has 0 aliphatic heterocycles. The molecule has 0 radical (unpaired) electrons. The fraction of sp³-hybridized carbons (Fsp3) is 0.355. The van der Waals surface area contributed by atoms with Crippen LogP contribution in [0, 0.1) is 0 Å². The summed E-state index contributed by atoms with van der Waals surface area (Å²) < 4.78 is 45.6. The van der Waals surface area contributed by atoms with Crippen LogP contribution >= 0.6 is 34.8 Å². The lowest BCUT2D eigenvalue weighted by Crippen LogP contribution is -2.54. The molecule has 10 nitrogen and oxygen atoms in total. The van der Waals surface area contributed by atoms with Gasteiger partial charge in [-0.25, -0.2) is 8.42 Å².